The lowest BCUT2D eigenvalue weighted by atomic mass is 10.0. The molecule has 0 aliphatic carbocycles. The molecule has 1 amide bonds. The first-order valence-electron chi connectivity index (χ1n) is 8.33. The molecule has 1 fully saturated rings. The minimum Gasteiger partial charge on any atom is -0.490 e. The predicted molar refractivity (Wildman–Crippen MR) is 91.7 cm³/mol. The van der Waals surface area contributed by atoms with Crippen molar-refractivity contribution in [2.45, 2.75) is 25.0 Å². The molecule has 1 aromatic heterocycles. The van der Waals surface area contributed by atoms with Gasteiger partial charge in [-0.05, 0) is 19.2 Å². The van der Waals surface area contributed by atoms with E-state index < -0.39 is 0 Å². The number of aromatic nitrogens is 2. The van der Waals surface area contributed by atoms with Crippen molar-refractivity contribution in [3.05, 3.63) is 48.3 Å². The fourth-order valence-electron chi connectivity index (χ4n) is 3.09. The van der Waals surface area contributed by atoms with Gasteiger partial charge >= 0.3 is 0 Å². The van der Waals surface area contributed by atoms with Gasteiger partial charge in [0.2, 0.25) is 5.91 Å². The summed E-state index contributed by atoms with van der Waals surface area (Å²) in [5.41, 5.74) is 0.896. The van der Waals surface area contributed by atoms with Crippen LogP contribution in [-0.2, 0) is 11.8 Å². The number of nitrogens with one attached hydrogen (secondary N) is 1. The minimum atomic E-state index is -0.342. The maximum Gasteiger partial charge on any atom is 0.244 e. The maximum atomic E-state index is 12.8. The molecular weight excluding hydrogens is 304 g/mol. The van der Waals surface area contributed by atoms with Gasteiger partial charge in [-0.15, -0.1) is 0 Å². The summed E-state index contributed by atoms with van der Waals surface area (Å²) >= 11 is 0. The second-order valence-electron chi connectivity index (χ2n) is 6.12. The van der Waals surface area contributed by atoms with Crippen molar-refractivity contribution in [2.24, 2.45) is 7.05 Å². The van der Waals surface area contributed by atoms with Crippen molar-refractivity contribution in [3.8, 4) is 5.75 Å². The molecule has 0 bridgehead atoms. The molecule has 1 aliphatic heterocycles. The number of carbonyl (C=O) groups excluding carboxylic acids is 1. The molecule has 6 heteroatoms. The number of likely N-dealkylation sites (tertiary alicyclic amines) is 1. The molecule has 2 heterocycles. The molecule has 128 valence electrons. The summed E-state index contributed by atoms with van der Waals surface area (Å²) < 4.78 is 7.71. The monoisotopic (exact) mass is 328 g/mol. The van der Waals surface area contributed by atoms with Gasteiger partial charge in [0, 0.05) is 44.7 Å². The number of carbonyl (C=O) groups is 1. The van der Waals surface area contributed by atoms with Crippen LogP contribution in [0.15, 0.2) is 42.7 Å². The normalized spacial score (nSPS) is 16.8. The fourth-order valence-corrected chi connectivity index (χ4v) is 3.09. The highest BCUT2D eigenvalue weighted by molar-refractivity contribution is 5.83. The van der Waals surface area contributed by atoms with Gasteiger partial charge < -0.3 is 15.0 Å². The largest absolute Gasteiger partial charge is 0.490 e. The number of rotatable bonds is 5. The molecule has 2 aromatic rings. The van der Waals surface area contributed by atoms with Gasteiger partial charge in [0.05, 0.1) is 6.20 Å². The molecule has 6 nitrogen and oxygen atoms in total. The van der Waals surface area contributed by atoms with Gasteiger partial charge in [0.25, 0.3) is 0 Å². The van der Waals surface area contributed by atoms with Crippen LogP contribution in [0.1, 0.15) is 24.4 Å². The van der Waals surface area contributed by atoms with Crippen molar-refractivity contribution in [3.63, 3.8) is 0 Å². The summed E-state index contributed by atoms with van der Waals surface area (Å²) in [5, 5.41) is 7.26. The molecule has 3 rings (SSSR count). The van der Waals surface area contributed by atoms with Gasteiger partial charge in [-0.2, -0.15) is 5.10 Å². The highest BCUT2D eigenvalue weighted by Gasteiger charge is 2.29. The van der Waals surface area contributed by atoms with Gasteiger partial charge in [-0.3, -0.25) is 9.48 Å². The highest BCUT2D eigenvalue weighted by Crippen LogP contribution is 2.21. The Bertz CT molecular complexity index is 663. The van der Waals surface area contributed by atoms with Crippen LogP contribution in [0.5, 0.6) is 5.75 Å². The molecule has 1 atom stereocenters. The van der Waals surface area contributed by atoms with Crippen molar-refractivity contribution in [1.82, 2.24) is 20.0 Å². The average molecular weight is 328 g/mol. The van der Waals surface area contributed by atoms with Crippen LogP contribution in [0.3, 0.4) is 0 Å². The summed E-state index contributed by atoms with van der Waals surface area (Å²) in [6.45, 7) is 1.43. The number of nitrogens with zero attached hydrogens (tertiary/aromatic N) is 3. The average Bonchev–Trinajstić information content (AvgIpc) is 3.03. The van der Waals surface area contributed by atoms with Crippen molar-refractivity contribution in [1.29, 1.82) is 0 Å². The molecule has 0 spiro atoms. The quantitative estimate of drug-likeness (QED) is 0.908. The number of benzene rings is 1. The van der Waals surface area contributed by atoms with E-state index in [1.807, 2.05) is 48.5 Å². The SMILES string of the molecule is CNC(C(=O)N1CCC(Oc2ccccc2)CC1)c1cnn(C)c1. The Balaban J connectivity index is 1.56. The van der Waals surface area contributed by atoms with Crippen molar-refractivity contribution < 1.29 is 9.53 Å². The molecule has 1 unspecified atom stereocenters. The molecule has 1 N–H and O–H groups in total. The molecule has 0 radical (unpaired) electrons. The Hall–Kier alpha value is -2.34. The molecule has 1 aromatic carbocycles. The standard InChI is InChI=1S/C18H24N4O2/c1-19-17(14-12-20-21(2)13-14)18(23)22-10-8-16(9-11-22)24-15-6-4-3-5-7-15/h3-7,12-13,16-17,19H,8-11H2,1-2H3. The number of amides is 1. The van der Waals surface area contributed by atoms with E-state index in [1.165, 1.54) is 0 Å². The Kier molecular flexibility index (Phi) is 5.15. The first-order valence-corrected chi connectivity index (χ1v) is 8.33. The number of hydrogen-bond donors (Lipinski definition) is 1. The highest BCUT2D eigenvalue weighted by atomic mass is 16.5. The second-order valence-corrected chi connectivity index (χ2v) is 6.12. The minimum absolute atomic E-state index is 0.101. The summed E-state index contributed by atoms with van der Waals surface area (Å²) in [5.74, 6) is 0.995. The summed E-state index contributed by atoms with van der Waals surface area (Å²) in [7, 11) is 3.66. The number of likely N-dealkylation sites (N-methyl/N-ethyl adjacent to an activating group) is 1. The molecular formula is C18H24N4O2. The van der Waals surface area contributed by atoms with Crippen LogP contribution in [0.25, 0.3) is 0 Å². The van der Waals surface area contributed by atoms with E-state index in [2.05, 4.69) is 10.4 Å². The van der Waals surface area contributed by atoms with Gasteiger partial charge in [-0.25, -0.2) is 0 Å². The summed E-state index contributed by atoms with van der Waals surface area (Å²) in [4.78, 5) is 14.7. The lowest BCUT2D eigenvalue weighted by Crippen LogP contribution is -2.46. The number of ether oxygens (including phenoxy) is 1. The molecule has 0 saturated carbocycles. The van der Waals surface area contributed by atoms with Crippen LogP contribution < -0.4 is 10.1 Å². The number of piperidine rings is 1. The Morgan fingerprint density at radius 2 is 2.00 bits per heavy atom. The van der Waals surface area contributed by atoms with E-state index >= 15 is 0 Å². The van der Waals surface area contributed by atoms with Crippen LogP contribution in [0.4, 0.5) is 0 Å². The van der Waals surface area contributed by atoms with E-state index in [-0.39, 0.29) is 18.1 Å². The Morgan fingerprint density at radius 3 is 2.58 bits per heavy atom. The lowest BCUT2D eigenvalue weighted by Gasteiger charge is -2.34. The van der Waals surface area contributed by atoms with Crippen LogP contribution >= 0.6 is 0 Å². The fraction of sp³-hybridized carbons (Fsp3) is 0.444. The zero-order valence-electron chi connectivity index (χ0n) is 14.2. The lowest BCUT2D eigenvalue weighted by molar-refractivity contribution is -0.135. The topological polar surface area (TPSA) is 59.4 Å². The first-order chi connectivity index (χ1) is 11.7. The summed E-state index contributed by atoms with van der Waals surface area (Å²) in [6.07, 6.45) is 5.49. The smallest absolute Gasteiger partial charge is 0.244 e. The Labute approximate surface area is 142 Å². The third-order valence-corrected chi connectivity index (χ3v) is 4.39. The van der Waals surface area contributed by atoms with Crippen LogP contribution in [0, 0.1) is 0 Å². The van der Waals surface area contributed by atoms with Crippen LogP contribution in [-0.4, -0.2) is 46.8 Å². The zero-order valence-corrected chi connectivity index (χ0v) is 14.2. The van der Waals surface area contributed by atoms with Gasteiger partial charge in [0.1, 0.15) is 17.9 Å². The second kappa shape index (κ2) is 7.49. The molecule has 1 saturated heterocycles. The van der Waals surface area contributed by atoms with E-state index in [0.29, 0.717) is 0 Å². The van der Waals surface area contributed by atoms with Gasteiger partial charge in [-0.1, -0.05) is 18.2 Å². The van der Waals surface area contributed by atoms with Crippen molar-refractivity contribution >= 4 is 5.91 Å². The van der Waals surface area contributed by atoms with E-state index in [9.17, 15) is 4.79 Å². The molecule has 24 heavy (non-hydrogen) atoms. The Morgan fingerprint density at radius 1 is 1.29 bits per heavy atom. The maximum absolute atomic E-state index is 12.8. The van der Waals surface area contributed by atoms with E-state index in [4.69, 9.17) is 4.74 Å². The van der Waals surface area contributed by atoms with Crippen molar-refractivity contribution in [2.75, 3.05) is 20.1 Å². The van der Waals surface area contributed by atoms with E-state index in [0.717, 1.165) is 37.2 Å². The zero-order chi connectivity index (χ0) is 16.9. The van der Waals surface area contributed by atoms with Crippen LogP contribution in [0.2, 0.25) is 0 Å². The predicted octanol–water partition coefficient (Wildman–Crippen LogP) is 1.75. The number of hydrogen-bond acceptors (Lipinski definition) is 4. The number of aryl methyl sites for hydroxylation is 1. The van der Waals surface area contributed by atoms with Gasteiger partial charge in [0.15, 0.2) is 0 Å². The van der Waals surface area contributed by atoms with E-state index in [1.54, 1.807) is 17.9 Å². The molecule has 1 aliphatic rings. The first kappa shape index (κ1) is 16.5. The third-order valence-electron chi connectivity index (χ3n) is 4.39. The third kappa shape index (κ3) is 3.76. The summed E-state index contributed by atoms with van der Waals surface area (Å²) in [6, 6.07) is 9.52. The number of para-hydroxylation sites is 1.